The first-order valence-corrected chi connectivity index (χ1v) is 10.9. The van der Waals surface area contributed by atoms with Crippen molar-refractivity contribution in [2.24, 2.45) is 0 Å². The summed E-state index contributed by atoms with van der Waals surface area (Å²) in [5.74, 6) is -0.0411. The second-order valence-electron chi connectivity index (χ2n) is 8.64. The van der Waals surface area contributed by atoms with E-state index in [1.165, 1.54) is 0 Å². The summed E-state index contributed by atoms with van der Waals surface area (Å²) in [6, 6.07) is 12.0. The second-order valence-corrected chi connectivity index (χ2v) is 8.64. The van der Waals surface area contributed by atoms with E-state index in [0.29, 0.717) is 29.8 Å². The van der Waals surface area contributed by atoms with Gasteiger partial charge in [-0.1, -0.05) is 30.3 Å². The van der Waals surface area contributed by atoms with Crippen LogP contribution in [0.3, 0.4) is 0 Å². The molecule has 164 valence electrons. The van der Waals surface area contributed by atoms with E-state index in [9.17, 15) is 9.59 Å². The highest BCUT2D eigenvalue weighted by Gasteiger charge is 2.24. The van der Waals surface area contributed by atoms with Gasteiger partial charge in [-0.15, -0.1) is 0 Å². The average molecular weight is 431 g/mol. The Labute approximate surface area is 186 Å². The summed E-state index contributed by atoms with van der Waals surface area (Å²) in [7, 11) is 2.05. The average Bonchev–Trinajstić information content (AvgIpc) is 3.23. The van der Waals surface area contributed by atoms with Gasteiger partial charge < -0.3 is 18.6 Å². The van der Waals surface area contributed by atoms with Gasteiger partial charge in [0.25, 0.3) is 0 Å². The zero-order chi connectivity index (χ0) is 22.4. The molecule has 0 aliphatic carbocycles. The van der Waals surface area contributed by atoms with Crippen molar-refractivity contribution in [1.82, 2.24) is 9.80 Å². The molecule has 0 atom stereocenters. The molecule has 0 spiro atoms. The van der Waals surface area contributed by atoms with E-state index < -0.39 is 5.63 Å². The Morgan fingerprint density at radius 3 is 2.47 bits per heavy atom. The van der Waals surface area contributed by atoms with E-state index in [2.05, 4.69) is 4.90 Å². The van der Waals surface area contributed by atoms with Gasteiger partial charge >= 0.3 is 5.63 Å². The molecule has 1 aliphatic heterocycles. The predicted octanol–water partition coefficient (Wildman–Crippen LogP) is 4.14. The normalized spacial score (nSPS) is 15.0. The fraction of sp³-hybridized carbons (Fsp3) is 0.308. The summed E-state index contributed by atoms with van der Waals surface area (Å²) in [6.07, 6.45) is 1.79. The highest BCUT2D eigenvalue weighted by Crippen LogP contribution is 2.38. The molecule has 0 unspecified atom stereocenters. The number of benzene rings is 2. The summed E-state index contributed by atoms with van der Waals surface area (Å²) < 4.78 is 11.7. The molecule has 1 aliphatic rings. The van der Waals surface area contributed by atoms with E-state index in [1.54, 1.807) is 6.26 Å². The summed E-state index contributed by atoms with van der Waals surface area (Å²) in [6.45, 7) is 6.90. The van der Waals surface area contributed by atoms with Crippen LogP contribution in [0.5, 0.6) is 0 Å². The van der Waals surface area contributed by atoms with Crippen LogP contribution in [0.4, 0.5) is 0 Å². The van der Waals surface area contributed by atoms with Crippen molar-refractivity contribution in [2.75, 3.05) is 33.2 Å². The van der Waals surface area contributed by atoms with Crippen LogP contribution < -0.4 is 5.63 Å². The maximum atomic E-state index is 12.9. The Hall–Kier alpha value is -3.38. The molecule has 3 heterocycles. The van der Waals surface area contributed by atoms with Crippen molar-refractivity contribution >= 4 is 27.8 Å². The Balaban J connectivity index is 1.62. The molecule has 5 rings (SSSR count). The van der Waals surface area contributed by atoms with Gasteiger partial charge in [-0.25, -0.2) is 4.79 Å². The van der Waals surface area contributed by atoms with Crippen LogP contribution in [0.25, 0.3) is 33.1 Å². The van der Waals surface area contributed by atoms with E-state index in [1.807, 2.05) is 62.2 Å². The van der Waals surface area contributed by atoms with Crippen LogP contribution in [0.15, 0.2) is 56.3 Å². The van der Waals surface area contributed by atoms with Crippen molar-refractivity contribution in [2.45, 2.75) is 20.3 Å². The third-order valence-corrected chi connectivity index (χ3v) is 6.55. The Bertz CT molecular complexity index is 1380. The number of furan rings is 1. The maximum absolute atomic E-state index is 12.9. The minimum absolute atomic E-state index is 0.0371. The van der Waals surface area contributed by atoms with Crippen molar-refractivity contribution in [3.05, 3.63) is 69.8 Å². The number of carbonyl (C=O) groups is 1. The lowest BCUT2D eigenvalue weighted by atomic mass is 9.96. The quantitative estimate of drug-likeness (QED) is 0.457. The first kappa shape index (κ1) is 20.5. The molecule has 2 aromatic heterocycles. The van der Waals surface area contributed by atoms with Gasteiger partial charge in [0.2, 0.25) is 5.91 Å². The Morgan fingerprint density at radius 1 is 1.03 bits per heavy atom. The fourth-order valence-electron chi connectivity index (χ4n) is 4.64. The number of likely N-dealkylation sites (N-methyl/N-ethyl adjacent to an activating group) is 1. The number of nitrogens with zero attached hydrogens (tertiary/aromatic N) is 2. The van der Waals surface area contributed by atoms with Crippen LogP contribution in [0.1, 0.15) is 16.7 Å². The van der Waals surface area contributed by atoms with E-state index in [4.69, 9.17) is 8.83 Å². The highest BCUT2D eigenvalue weighted by molar-refractivity contribution is 6.11. The molecular formula is C26H26N2O4. The van der Waals surface area contributed by atoms with E-state index in [0.717, 1.165) is 46.1 Å². The number of hydrogen-bond acceptors (Lipinski definition) is 5. The molecule has 0 saturated carbocycles. The molecular weight excluding hydrogens is 404 g/mol. The molecule has 6 nitrogen and oxygen atoms in total. The Morgan fingerprint density at radius 2 is 1.75 bits per heavy atom. The molecule has 32 heavy (non-hydrogen) atoms. The molecule has 0 radical (unpaired) electrons. The van der Waals surface area contributed by atoms with Crippen molar-refractivity contribution < 1.29 is 13.6 Å². The third kappa shape index (κ3) is 3.41. The van der Waals surface area contributed by atoms with Gasteiger partial charge in [0, 0.05) is 37.1 Å². The standard InChI is InChI=1S/C26H26N2O4/c1-16-13-21-24(25-23(16)20(15-31-25)18-7-5-4-6-8-18)17(2)19(26(30)32-21)14-22(29)28-11-9-27(3)10-12-28/h4-8,13,15H,9-12,14H2,1-3H3. The Kier molecular flexibility index (Phi) is 5.10. The summed E-state index contributed by atoms with van der Waals surface area (Å²) in [4.78, 5) is 29.8. The molecule has 2 aromatic carbocycles. The zero-order valence-corrected chi connectivity index (χ0v) is 18.6. The van der Waals surface area contributed by atoms with E-state index >= 15 is 0 Å². The first-order chi connectivity index (χ1) is 15.4. The number of rotatable bonds is 3. The zero-order valence-electron chi connectivity index (χ0n) is 18.6. The van der Waals surface area contributed by atoms with Crippen LogP contribution >= 0.6 is 0 Å². The third-order valence-electron chi connectivity index (χ3n) is 6.55. The topological polar surface area (TPSA) is 66.9 Å². The minimum Gasteiger partial charge on any atom is -0.463 e. The van der Waals surface area contributed by atoms with Gasteiger partial charge in [0.1, 0.15) is 11.2 Å². The molecule has 1 amide bonds. The van der Waals surface area contributed by atoms with Crippen LogP contribution in [-0.4, -0.2) is 48.9 Å². The van der Waals surface area contributed by atoms with Crippen LogP contribution in [0, 0.1) is 13.8 Å². The lowest BCUT2D eigenvalue weighted by molar-refractivity contribution is -0.132. The van der Waals surface area contributed by atoms with Crippen LogP contribution in [-0.2, 0) is 11.2 Å². The van der Waals surface area contributed by atoms with Gasteiger partial charge in [0.05, 0.1) is 23.6 Å². The summed E-state index contributed by atoms with van der Waals surface area (Å²) in [5.41, 5.74) is 4.92. The SMILES string of the molecule is Cc1cc2oc(=O)c(CC(=O)N3CCN(C)CC3)c(C)c2c2occ(-c3ccccc3)c12. The predicted molar refractivity (Wildman–Crippen MR) is 125 cm³/mol. The second kappa shape index (κ2) is 7.95. The monoisotopic (exact) mass is 430 g/mol. The molecule has 1 fully saturated rings. The summed E-state index contributed by atoms with van der Waals surface area (Å²) in [5, 5.41) is 1.76. The van der Waals surface area contributed by atoms with Gasteiger partial charge in [-0.3, -0.25) is 4.79 Å². The molecule has 1 saturated heterocycles. The van der Waals surface area contributed by atoms with Crippen molar-refractivity contribution in [3.8, 4) is 11.1 Å². The van der Waals surface area contributed by atoms with Gasteiger partial charge in [-0.05, 0) is 43.7 Å². The lowest BCUT2D eigenvalue weighted by Gasteiger charge is -2.32. The van der Waals surface area contributed by atoms with Gasteiger partial charge in [0.15, 0.2) is 0 Å². The maximum Gasteiger partial charge on any atom is 0.340 e. The van der Waals surface area contributed by atoms with Gasteiger partial charge in [-0.2, -0.15) is 0 Å². The number of fused-ring (bicyclic) bond motifs is 3. The van der Waals surface area contributed by atoms with Crippen molar-refractivity contribution in [1.29, 1.82) is 0 Å². The number of carbonyl (C=O) groups excluding carboxylic acids is 1. The number of piperazine rings is 1. The minimum atomic E-state index is -0.453. The number of hydrogen-bond donors (Lipinski definition) is 0. The first-order valence-electron chi connectivity index (χ1n) is 10.9. The molecule has 4 aromatic rings. The number of aryl methyl sites for hydroxylation is 2. The number of amides is 1. The fourth-order valence-corrected chi connectivity index (χ4v) is 4.64. The highest BCUT2D eigenvalue weighted by atomic mass is 16.4. The lowest BCUT2D eigenvalue weighted by Crippen LogP contribution is -2.47. The molecule has 6 heteroatoms. The van der Waals surface area contributed by atoms with E-state index in [-0.39, 0.29) is 12.3 Å². The molecule has 0 bridgehead atoms. The van der Waals surface area contributed by atoms with Crippen LogP contribution in [0.2, 0.25) is 0 Å². The smallest absolute Gasteiger partial charge is 0.340 e. The van der Waals surface area contributed by atoms with Crippen molar-refractivity contribution in [3.63, 3.8) is 0 Å². The summed E-state index contributed by atoms with van der Waals surface area (Å²) >= 11 is 0. The molecule has 0 N–H and O–H groups in total. The largest absolute Gasteiger partial charge is 0.463 e.